The van der Waals surface area contributed by atoms with E-state index in [1.165, 1.54) is 25.3 Å². The van der Waals surface area contributed by atoms with E-state index in [0.29, 0.717) is 5.75 Å². The fraction of sp³-hybridized carbons (Fsp3) is 0.235. The second-order valence-electron chi connectivity index (χ2n) is 5.95. The first kappa shape index (κ1) is 16.2. The van der Waals surface area contributed by atoms with Crippen molar-refractivity contribution in [3.8, 4) is 11.5 Å². The minimum atomic E-state index is -1.68. The first-order valence-electron chi connectivity index (χ1n) is 6.99. The third kappa shape index (κ3) is 3.36. The molecule has 0 unspecified atom stereocenters. The molecule has 2 aromatic rings. The van der Waals surface area contributed by atoms with Crippen LogP contribution in [0.15, 0.2) is 42.5 Å². The van der Waals surface area contributed by atoms with Crippen molar-refractivity contribution in [2.24, 2.45) is 0 Å². The SMILES string of the molecule is COc1cccc(F)c1C(=O)Oc1ccccc1[Si](C)(C)C. The first-order valence-corrected chi connectivity index (χ1v) is 10.5. The van der Waals surface area contributed by atoms with E-state index in [-0.39, 0.29) is 11.3 Å². The number of rotatable bonds is 4. The van der Waals surface area contributed by atoms with Gasteiger partial charge in [0.25, 0.3) is 0 Å². The van der Waals surface area contributed by atoms with Crippen molar-refractivity contribution in [3.63, 3.8) is 0 Å². The second-order valence-corrected chi connectivity index (χ2v) is 11.0. The zero-order chi connectivity index (χ0) is 16.3. The van der Waals surface area contributed by atoms with E-state index < -0.39 is 19.9 Å². The molecule has 0 aliphatic heterocycles. The Kier molecular flexibility index (Phi) is 4.66. The Morgan fingerprint density at radius 3 is 2.27 bits per heavy atom. The van der Waals surface area contributed by atoms with Gasteiger partial charge < -0.3 is 9.47 Å². The van der Waals surface area contributed by atoms with E-state index in [1.807, 2.05) is 12.1 Å². The molecule has 0 fully saturated rings. The lowest BCUT2D eigenvalue weighted by atomic mass is 10.2. The Balaban J connectivity index is 2.39. The van der Waals surface area contributed by atoms with Gasteiger partial charge in [-0.2, -0.15) is 0 Å². The molecule has 0 N–H and O–H groups in total. The van der Waals surface area contributed by atoms with Crippen LogP contribution in [0, 0.1) is 5.82 Å². The third-order valence-corrected chi connectivity index (χ3v) is 5.33. The summed E-state index contributed by atoms with van der Waals surface area (Å²) < 4.78 is 24.5. The molecule has 5 heteroatoms. The Morgan fingerprint density at radius 2 is 1.64 bits per heavy atom. The highest BCUT2D eigenvalue weighted by molar-refractivity contribution is 6.89. The molecule has 3 nitrogen and oxygen atoms in total. The summed E-state index contributed by atoms with van der Waals surface area (Å²) in [4.78, 5) is 12.4. The van der Waals surface area contributed by atoms with Gasteiger partial charge in [-0.15, -0.1) is 0 Å². The van der Waals surface area contributed by atoms with E-state index in [4.69, 9.17) is 9.47 Å². The van der Waals surface area contributed by atoms with Crippen LogP contribution in [-0.2, 0) is 0 Å². The number of hydrogen-bond acceptors (Lipinski definition) is 3. The Labute approximate surface area is 130 Å². The summed E-state index contributed by atoms with van der Waals surface area (Å²) in [6.45, 7) is 6.47. The molecule has 0 aliphatic carbocycles. The van der Waals surface area contributed by atoms with Crippen LogP contribution in [0.25, 0.3) is 0 Å². The highest BCUT2D eigenvalue weighted by Crippen LogP contribution is 2.23. The minimum Gasteiger partial charge on any atom is -0.496 e. The van der Waals surface area contributed by atoms with Crippen molar-refractivity contribution >= 4 is 19.2 Å². The number of para-hydroxylation sites is 1. The third-order valence-electron chi connectivity index (χ3n) is 3.30. The maximum atomic E-state index is 14.0. The van der Waals surface area contributed by atoms with Gasteiger partial charge in [0.05, 0.1) is 15.2 Å². The van der Waals surface area contributed by atoms with Crippen LogP contribution < -0.4 is 14.7 Å². The summed E-state index contributed by atoms with van der Waals surface area (Å²) in [6.07, 6.45) is 0. The van der Waals surface area contributed by atoms with Gasteiger partial charge in [0.15, 0.2) is 0 Å². The van der Waals surface area contributed by atoms with Gasteiger partial charge in [0.2, 0.25) is 0 Å². The zero-order valence-electron chi connectivity index (χ0n) is 13.1. The molecule has 0 aliphatic rings. The van der Waals surface area contributed by atoms with Crippen LogP contribution in [0.1, 0.15) is 10.4 Å². The van der Waals surface area contributed by atoms with Crippen LogP contribution in [-0.4, -0.2) is 21.2 Å². The molecule has 0 saturated carbocycles. The molecule has 0 radical (unpaired) electrons. The lowest BCUT2D eigenvalue weighted by molar-refractivity contribution is 0.0727. The summed E-state index contributed by atoms with van der Waals surface area (Å²) in [6, 6.07) is 11.6. The standard InChI is InChI=1S/C17H19FO3Si/c1-20-14-10-7-8-12(18)16(14)17(19)21-13-9-5-6-11-15(13)22(2,3)4/h5-11H,1-4H3. The molecule has 0 atom stereocenters. The quantitative estimate of drug-likeness (QED) is 0.491. The molecule has 0 heterocycles. The number of ether oxygens (including phenoxy) is 2. The highest BCUT2D eigenvalue weighted by Gasteiger charge is 2.25. The molecule has 0 amide bonds. The summed E-state index contributed by atoms with van der Waals surface area (Å²) in [5, 5.41) is 1.01. The van der Waals surface area contributed by atoms with Gasteiger partial charge in [-0.1, -0.05) is 43.9 Å². The average Bonchev–Trinajstić information content (AvgIpc) is 2.46. The molecule has 0 aromatic heterocycles. The van der Waals surface area contributed by atoms with Crippen molar-refractivity contribution < 1.29 is 18.7 Å². The van der Waals surface area contributed by atoms with Crippen LogP contribution in [0.4, 0.5) is 4.39 Å². The lowest BCUT2D eigenvalue weighted by Gasteiger charge is -2.20. The maximum absolute atomic E-state index is 14.0. The predicted octanol–water partition coefficient (Wildman–Crippen LogP) is 3.60. The molecule has 0 bridgehead atoms. The molecule has 116 valence electrons. The smallest absolute Gasteiger partial charge is 0.350 e. The van der Waals surface area contributed by atoms with Crippen LogP contribution in [0.5, 0.6) is 11.5 Å². The average molecular weight is 318 g/mol. The van der Waals surface area contributed by atoms with Gasteiger partial charge in [0, 0.05) is 0 Å². The summed E-state index contributed by atoms with van der Waals surface area (Å²) >= 11 is 0. The van der Waals surface area contributed by atoms with E-state index in [9.17, 15) is 9.18 Å². The van der Waals surface area contributed by atoms with Crippen LogP contribution in [0.2, 0.25) is 19.6 Å². The van der Waals surface area contributed by atoms with Crippen molar-refractivity contribution in [2.75, 3.05) is 7.11 Å². The largest absolute Gasteiger partial charge is 0.496 e. The molecule has 0 saturated heterocycles. The van der Waals surface area contributed by atoms with E-state index >= 15 is 0 Å². The minimum absolute atomic E-state index is 0.162. The van der Waals surface area contributed by atoms with Gasteiger partial charge in [-0.3, -0.25) is 0 Å². The first-order chi connectivity index (χ1) is 10.3. The maximum Gasteiger partial charge on any atom is 0.350 e. The molecule has 22 heavy (non-hydrogen) atoms. The summed E-state index contributed by atoms with van der Waals surface area (Å²) in [7, 11) is -0.293. The van der Waals surface area contributed by atoms with Gasteiger partial charge in [-0.05, 0) is 23.4 Å². The number of esters is 1. The van der Waals surface area contributed by atoms with E-state index in [2.05, 4.69) is 19.6 Å². The number of carbonyl (C=O) groups excluding carboxylic acids is 1. The van der Waals surface area contributed by atoms with Crippen molar-refractivity contribution in [1.29, 1.82) is 0 Å². The van der Waals surface area contributed by atoms with Crippen LogP contribution in [0.3, 0.4) is 0 Å². The Bertz CT molecular complexity index is 693. The van der Waals surface area contributed by atoms with Crippen molar-refractivity contribution in [2.45, 2.75) is 19.6 Å². The normalized spacial score (nSPS) is 11.1. The van der Waals surface area contributed by atoms with E-state index in [1.54, 1.807) is 12.1 Å². The lowest BCUT2D eigenvalue weighted by Crippen LogP contribution is -2.39. The molecular weight excluding hydrogens is 299 g/mol. The van der Waals surface area contributed by atoms with Crippen molar-refractivity contribution in [1.82, 2.24) is 0 Å². The number of carbonyl (C=O) groups is 1. The molecule has 2 aromatic carbocycles. The topological polar surface area (TPSA) is 35.5 Å². The number of methoxy groups -OCH3 is 1. The number of hydrogen-bond donors (Lipinski definition) is 0. The Hall–Kier alpha value is -2.14. The van der Waals surface area contributed by atoms with Gasteiger partial charge in [-0.25, -0.2) is 9.18 Å². The monoisotopic (exact) mass is 318 g/mol. The predicted molar refractivity (Wildman–Crippen MR) is 87.3 cm³/mol. The molecule has 0 spiro atoms. The van der Waals surface area contributed by atoms with E-state index in [0.717, 1.165) is 5.19 Å². The zero-order valence-corrected chi connectivity index (χ0v) is 14.1. The van der Waals surface area contributed by atoms with Crippen LogP contribution >= 0.6 is 0 Å². The fourth-order valence-corrected chi connectivity index (χ4v) is 3.67. The Morgan fingerprint density at radius 1 is 1.00 bits per heavy atom. The second kappa shape index (κ2) is 6.32. The summed E-state index contributed by atoms with van der Waals surface area (Å²) in [5.74, 6) is -0.761. The van der Waals surface area contributed by atoms with Gasteiger partial charge in [0.1, 0.15) is 22.9 Å². The summed E-state index contributed by atoms with van der Waals surface area (Å²) in [5.41, 5.74) is -0.185. The molecule has 2 rings (SSSR count). The number of halogens is 1. The fourth-order valence-electron chi connectivity index (χ4n) is 2.20. The highest BCUT2D eigenvalue weighted by atomic mass is 28.3. The number of benzene rings is 2. The molecular formula is C17H19FO3Si. The van der Waals surface area contributed by atoms with Crippen molar-refractivity contribution in [3.05, 3.63) is 53.8 Å². The van der Waals surface area contributed by atoms with Gasteiger partial charge >= 0.3 is 5.97 Å².